The Morgan fingerprint density at radius 1 is 1.05 bits per heavy atom. The molecule has 3 aromatic rings. The van der Waals surface area contributed by atoms with E-state index in [4.69, 9.17) is 29.0 Å². The minimum Gasteiger partial charge on any atom is -0.464 e. The highest BCUT2D eigenvalue weighted by molar-refractivity contribution is 7.99. The molecular formula is C41H61N6O9PS. The van der Waals surface area contributed by atoms with Gasteiger partial charge in [0.2, 0.25) is 5.60 Å². The third-order valence-corrected chi connectivity index (χ3v) is 12.9. The predicted molar refractivity (Wildman–Crippen MR) is 223 cm³/mol. The van der Waals surface area contributed by atoms with Gasteiger partial charge in [-0.1, -0.05) is 96.8 Å². The standard InChI is InChI=1S/C41H61N6O9PS/c1-5-31(6-2)26-52-40(50)30(4)46-57(51,56-32-20-16-15-17-21-32)53-27-34-37(54-36(48)22-18-13-11-9-8-10-12-14-19-25-58-7-3)38(49)41(28-42,55-34)35-24-23-33-39(43)44-29-45-47(33)35/h15-17,20-21,23-24,29-31,34,37-38,49H,5-14,18-19,22,25-27H2,1-4H3,(H,46,51)(H2,43,44,45)/t30-,34-,37-,38-,41+,57?/m1/s1. The third-order valence-electron chi connectivity index (χ3n) is 10.3. The molecule has 1 fully saturated rings. The Kier molecular flexibility index (Phi) is 19.3. The van der Waals surface area contributed by atoms with Crippen molar-refractivity contribution in [2.45, 2.75) is 135 Å². The normalized spacial score (nSPS) is 20.7. The molecule has 320 valence electrons. The molecule has 1 unspecified atom stereocenters. The lowest BCUT2D eigenvalue weighted by Gasteiger charge is -2.26. The molecule has 4 rings (SSSR count). The van der Waals surface area contributed by atoms with Crippen LogP contribution < -0.4 is 15.3 Å². The monoisotopic (exact) mass is 844 g/mol. The lowest BCUT2D eigenvalue weighted by atomic mass is 9.92. The number of aliphatic hydroxyl groups excluding tert-OH is 1. The molecule has 1 aromatic carbocycles. The van der Waals surface area contributed by atoms with E-state index in [2.05, 4.69) is 28.2 Å². The Balaban J connectivity index is 1.48. The summed E-state index contributed by atoms with van der Waals surface area (Å²) in [6.45, 7) is 7.28. The van der Waals surface area contributed by atoms with Gasteiger partial charge in [0.25, 0.3) is 0 Å². The van der Waals surface area contributed by atoms with E-state index in [1.807, 2.05) is 25.6 Å². The van der Waals surface area contributed by atoms with Gasteiger partial charge in [0, 0.05) is 6.42 Å². The number of aliphatic hydroxyl groups is 1. The van der Waals surface area contributed by atoms with Crippen LogP contribution in [0.5, 0.6) is 5.75 Å². The molecular weight excluding hydrogens is 784 g/mol. The van der Waals surface area contributed by atoms with E-state index in [1.54, 1.807) is 36.4 Å². The molecule has 1 saturated heterocycles. The summed E-state index contributed by atoms with van der Waals surface area (Å²) in [4.78, 5) is 30.3. The first-order valence-electron chi connectivity index (χ1n) is 20.6. The zero-order chi connectivity index (χ0) is 42.0. The van der Waals surface area contributed by atoms with Gasteiger partial charge in [-0.2, -0.15) is 27.2 Å². The molecule has 2 aromatic heterocycles. The third kappa shape index (κ3) is 13.1. The number of nitriles is 1. The first-order chi connectivity index (χ1) is 28.0. The average Bonchev–Trinajstić information content (AvgIpc) is 3.78. The van der Waals surface area contributed by atoms with Gasteiger partial charge in [-0.05, 0) is 61.5 Å². The summed E-state index contributed by atoms with van der Waals surface area (Å²) in [6.07, 6.45) is 8.02. The van der Waals surface area contributed by atoms with E-state index in [9.17, 15) is 24.5 Å². The quantitative estimate of drug-likeness (QED) is 0.0385. The fourth-order valence-electron chi connectivity index (χ4n) is 6.76. The summed E-state index contributed by atoms with van der Waals surface area (Å²) in [5.41, 5.74) is 4.39. The van der Waals surface area contributed by atoms with Gasteiger partial charge < -0.3 is 29.6 Å². The number of hydrogen-bond donors (Lipinski definition) is 3. The Morgan fingerprint density at radius 3 is 2.38 bits per heavy atom. The summed E-state index contributed by atoms with van der Waals surface area (Å²) in [6, 6.07) is 12.3. The number of carbonyl (C=O) groups is 2. The van der Waals surface area contributed by atoms with Crippen LogP contribution in [0, 0.1) is 17.2 Å². The molecule has 0 bridgehead atoms. The Labute approximate surface area is 346 Å². The maximum atomic E-state index is 14.4. The summed E-state index contributed by atoms with van der Waals surface area (Å²) < 4.78 is 45.2. The molecule has 0 amide bonds. The van der Waals surface area contributed by atoms with Crippen molar-refractivity contribution < 1.29 is 42.5 Å². The molecule has 0 spiro atoms. The summed E-state index contributed by atoms with van der Waals surface area (Å²) in [7, 11) is -4.42. The van der Waals surface area contributed by atoms with Gasteiger partial charge in [0.15, 0.2) is 11.9 Å². The second-order valence-electron chi connectivity index (χ2n) is 14.6. The number of nitrogens with zero attached hydrogens (tertiary/aromatic N) is 4. The van der Waals surface area contributed by atoms with Crippen LogP contribution in [0.2, 0.25) is 0 Å². The highest BCUT2D eigenvalue weighted by Crippen LogP contribution is 2.48. The number of benzene rings is 1. The van der Waals surface area contributed by atoms with Crippen LogP contribution in [0.4, 0.5) is 5.82 Å². The van der Waals surface area contributed by atoms with E-state index in [1.165, 1.54) is 61.0 Å². The van der Waals surface area contributed by atoms with E-state index < -0.39 is 56.2 Å². The number of unbranched alkanes of at least 4 members (excludes halogenated alkanes) is 8. The molecule has 58 heavy (non-hydrogen) atoms. The lowest BCUT2D eigenvalue weighted by Crippen LogP contribution is -2.43. The number of rotatable bonds is 27. The minimum absolute atomic E-state index is 0.0803. The average molecular weight is 845 g/mol. The van der Waals surface area contributed by atoms with E-state index in [-0.39, 0.29) is 36.2 Å². The van der Waals surface area contributed by atoms with Crippen molar-refractivity contribution in [3.05, 3.63) is 54.5 Å². The first-order valence-corrected chi connectivity index (χ1v) is 23.3. The van der Waals surface area contributed by atoms with Crippen molar-refractivity contribution in [3.8, 4) is 11.8 Å². The van der Waals surface area contributed by atoms with Crippen LogP contribution in [-0.4, -0.2) is 80.7 Å². The molecule has 17 heteroatoms. The Hall–Kier alpha value is -3.71. The van der Waals surface area contributed by atoms with Crippen LogP contribution in [0.15, 0.2) is 48.8 Å². The van der Waals surface area contributed by atoms with Gasteiger partial charge in [-0.3, -0.25) is 14.1 Å². The van der Waals surface area contributed by atoms with E-state index in [0.717, 1.165) is 38.5 Å². The number of thioether (sulfide) groups is 1. The van der Waals surface area contributed by atoms with Crippen molar-refractivity contribution in [2.24, 2.45) is 5.92 Å². The van der Waals surface area contributed by atoms with E-state index >= 15 is 0 Å². The number of nitrogen functional groups attached to an aromatic ring is 1. The number of para-hydroxylation sites is 1. The summed E-state index contributed by atoms with van der Waals surface area (Å²) in [5.74, 6) is 1.61. The fourth-order valence-corrected chi connectivity index (χ4v) is 8.96. The summed E-state index contributed by atoms with van der Waals surface area (Å²) in [5, 5.41) is 29.4. The molecule has 0 saturated carbocycles. The number of nitrogens with one attached hydrogen (secondary N) is 1. The number of hydrogen-bond acceptors (Lipinski definition) is 14. The zero-order valence-electron chi connectivity index (χ0n) is 34.3. The van der Waals surface area contributed by atoms with Crippen molar-refractivity contribution in [2.75, 3.05) is 30.5 Å². The minimum atomic E-state index is -4.42. The highest BCUT2D eigenvalue weighted by atomic mass is 32.2. The number of fused-ring (bicyclic) bond motifs is 1. The number of anilines is 1. The number of esters is 2. The number of aromatic nitrogens is 3. The summed E-state index contributed by atoms with van der Waals surface area (Å²) >= 11 is 1.99. The van der Waals surface area contributed by atoms with Gasteiger partial charge in [0.05, 0.1) is 18.9 Å². The topological polar surface area (TPSA) is 210 Å². The first kappa shape index (κ1) is 47.0. The molecule has 0 radical (unpaired) electrons. The molecule has 3 heterocycles. The number of ether oxygens (including phenoxy) is 3. The molecule has 15 nitrogen and oxygen atoms in total. The second kappa shape index (κ2) is 23.8. The van der Waals surface area contributed by atoms with Crippen LogP contribution in [0.3, 0.4) is 0 Å². The van der Waals surface area contributed by atoms with Gasteiger partial charge >= 0.3 is 19.7 Å². The lowest BCUT2D eigenvalue weighted by molar-refractivity contribution is -0.156. The SMILES string of the molecule is CCSCCCCCCCCCCCC(=O)O[C@H]1[C@@H](O)[C@](C#N)(c2ccc3c(N)ncnn23)O[C@@H]1COP(=O)(N[C@H](C)C(=O)OCC(CC)CC)Oc1ccccc1. The van der Waals surface area contributed by atoms with E-state index in [0.29, 0.717) is 11.9 Å². The molecule has 6 atom stereocenters. The van der Waals surface area contributed by atoms with Gasteiger partial charge in [0.1, 0.15) is 41.9 Å². The van der Waals surface area contributed by atoms with Crippen LogP contribution in [0.25, 0.3) is 5.52 Å². The number of carbonyl (C=O) groups excluding carboxylic acids is 2. The zero-order valence-corrected chi connectivity index (χ0v) is 36.0. The van der Waals surface area contributed by atoms with Crippen molar-refractivity contribution >= 4 is 42.8 Å². The molecule has 0 aliphatic carbocycles. The van der Waals surface area contributed by atoms with Crippen molar-refractivity contribution in [3.63, 3.8) is 0 Å². The van der Waals surface area contributed by atoms with Crippen LogP contribution >= 0.6 is 19.5 Å². The molecule has 1 aliphatic heterocycles. The van der Waals surface area contributed by atoms with Crippen molar-refractivity contribution in [1.29, 1.82) is 5.26 Å². The Morgan fingerprint density at radius 2 is 1.72 bits per heavy atom. The predicted octanol–water partition coefficient (Wildman–Crippen LogP) is 7.52. The van der Waals surface area contributed by atoms with Crippen LogP contribution in [0.1, 0.15) is 110 Å². The molecule has 1 aliphatic rings. The number of nitrogens with two attached hydrogens (primary N) is 1. The largest absolute Gasteiger partial charge is 0.464 e. The maximum absolute atomic E-state index is 14.4. The second-order valence-corrected chi connectivity index (χ2v) is 17.6. The van der Waals surface area contributed by atoms with Crippen molar-refractivity contribution in [1.82, 2.24) is 19.7 Å². The fraction of sp³-hybridized carbons (Fsp3) is 0.634. The van der Waals surface area contributed by atoms with Gasteiger partial charge in [-0.15, -0.1) is 0 Å². The molecule has 4 N–H and O–H groups in total. The highest BCUT2D eigenvalue weighted by Gasteiger charge is 2.60. The smallest absolute Gasteiger partial charge is 0.459 e. The Bertz CT molecular complexity index is 1810. The maximum Gasteiger partial charge on any atom is 0.459 e. The van der Waals surface area contributed by atoms with Crippen LogP contribution in [-0.2, 0) is 38.5 Å². The van der Waals surface area contributed by atoms with Gasteiger partial charge in [-0.25, -0.2) is 14.1 Å².